The maximum absolute atomic E-state index is 5.69. The first-order valence-electron chi connectivity index (χ1n) is 5.69. The second kappa shape index (κ2) is 4.97. The van der Waals surface area contributed by atoms with Gasteiger partial charge in [-0.2, -0.15) is 0 Å². The van der Waals surface area contributed by atoms with Crippen molar-refractivity contribution in [1.82, 2.24) is 5.32 Å². The van der Waals surface area contributed by atoms with Crippen molar-refractivity contribution in [1.29, 1.82) is 0 Å². The first-order chi connectivity index (χ1) is 6.18. The fourth-order valence-electron chi connectivity index (χ4n) is 2.04. The van der Waals surface area contributed by atoms with Crippen LogP contribution in [-0.2, 0) is 0 Å². The molecule has 0 aromatic rings. The highest BCUT2D eigenvalue weighted by Gasteiger charge is 2.33. The third-order valence-electron chi connectivity index (χ3n) is 3.32. The summed E-state index contributed by atoms with van der Waals surface area (Å²) in [6.07, 6.45) is 7.81. The van der Waals surface area contributed by atoms with E-state index in [2.05, 4.69) is 19.2 Å². The molecular weight excluding hydrogens is 160 g/mol. The van der Waals surface area contributed by atoms with E-state index in [1.807, 2.05) is 0 Å². The lowest BCUT2D eigenvalue weighted by molar-refractivity contribution is 0.177. The second-order valence-corrected chi connectivity index (χ2v) is 4.53. The zero-order chi connectivity index (χ0) is 9.73. The minimum atomic E-state index is 0.362. The lowest BCUT2D eigenvalue weighted by Gasteiger charge is -2.42. The molecule has 78 valence electrons. The van der Waals surface area contributed by atoms with Crippen LogP contribution in [0, 0.1) is 0 Å². The number of hydrogen-bond donors (Lipinski definition) is 2. The summed E-state index contributed by atoms with van der Waals surface area (Å²) in [5.41, 5.74) is 6.21. The highest BCUT2D eigenvalue weighted by atomic mass is 15.0. The van der Waals surface area contributed by atoms with E-state index >= 15 is 0 Å². The van der Waals surface area contributed by atoms with E-state index in [1.54, 1.807) is 0 Å². The molecule has 1 unspecified atom stereocenters. The van der Waals surface area contributed by atoms with Crippen LogP contribution in [0.15, 0.2) is 0 Å². The molecule has 0 amide bonds. The second-order valence-electron chi connectivity index (χ2n) is 4.53. The van der Waals surface area contributed by atoms with Crippen molar-refractivity contribution >= 4 is 0 Å². The van der Waals surface area contributed by atoms with Gasteiger partial charge in [0.1, 0.15) is 0 Å². The van der Waals surface area contributed by atoms with Gasteiger partial charge in [0.2, 0.25) is 0 Å². The van der Waals surface area contributed by atoms with Crippen molar-refractivity contribution in [2.24, 2.45) is 5.73 Å². The Balaban J connectivity index is 2.04. The van der Waals surface area contributed by atoms with E-state index in [9.17, 15) is 0 Å². The van der Waals surface area contributed by atoms with E-state index < -0.39 is 0 Å². The van der Waals surface area contributed by atoms with E-state index in [-0.39, 0.29) is 0 Å². The van der Waals surface area contributed by atoms with Gasteiger partial charge >= 0.3 is 0 Å². The van der Waals surface area contributed by atoms with Crippen LogP contribution in [0.3, 0.4) is 0 Å². The van der Waals surface area contributed by atoms with Crippen LogP contribution in [0.5, 0.6) is 0 Å². The monoisotopic (exact) mass is 184 g/mol. The fraction of sp³-hybridized carbons (Fsp3) is 1.00. The third-order valence-corrected chi connectivity index (χ3v) is 3.32. The van der Waals surface area contributed by atoms with Gasteiger partial charge in [0.05, 0.1) is 0 Å². The Hall–Kier alpha value is -0.0800. The molecular formula is C11H24N2. The summed E-state index contributed by atoms with van der Waals surface area (Å²) in [4.78, 5) is 0. The predicted octanol–water partition coefficient (Wildman–Crippen LogP) is 2.04. The van der Waals surface area contributed by atoms with E-state index in [0.29, 0.717) is 11.6 Å². The molecule has 13 heavy (non-hydrogen) atoms. The average Bonchev–Trinajstić information content (AvgIpc) is 2.01. The summed E-state index contributed by atoms with van der Waals surface area (Å²) in [6, 6.07) is 0.362. The Morgan fingerprint density at radius 2 is 2.15 bits per heavy atom. The highest BCUT2D eigenvalue weighted by molar-refractivity contribution is 4.94. The van der Waals surface area contributed by atoms with E-state index in [4.69, 9.17) is 5.73 Å². The van der Waals surface area contributed by atoms with Crippen LogP contribution in [0.4, 0.5) is 0 Å². The summed E-state index contributed by atoms with van der Waals surface area (Å²) < 4.78 is 0. The van der Waals surface area contributed by atoms with Crippen molar-refractivity contribution in [3.8, 4) is 0 Å². The molecule has 1 atom stereocenters. The Morgan fingerprint density at radius 1 is 1.46 bits per heavy atom. The molecule has 1 rings (SSSR count). The lowest BCUT2D eigenvalue weighted by Crippen LogP contribution is -2.50. The summed E-state index contributed by atoms with van der Waals surface area (Å²) in [5.74, 6) is 0. The largest absolute Gasteiger partial charge is 0.328 e. The molecule has 1 fully saturated rings. The first-order valence-corrected chi connectivity index (χ1v) is 5.69. The Kier molecular flexibility index (Phi) is 4.20. The minimum absolute atomic E-state index is 0.362. The molecule has 2 heteroatoms. The van der Waals surface area contributed by atoms with Gasteiger partial charge in [0, 0.05) is 11.6 Å². The SMILES string of the molecule is CCC1(NCCCC(C)N)CCC1. The number of nitrogens with one attached hydrogen (secondary N) is 1. The zero-order valence-electron chi connectivity index (χ0n) is 9.10. The molecule has 0 aromatic heterocycles. The molecule has 0 heterocycles. The summed E-state index contributed by atoms with van der Waals surface area (Å²) >= 11 is 0. The molecule has 3 N–H and O–H groups in total. The van der Waals surface area contributed by atoms with Crippen molar-refractivity contribution in [2.75, 3.05) is 6.54 Å². The maximum Gasteiger partial charge on any atom is 0.0178 e. The van der Waals surface area contributed by atoms with E-state index in [1.165, 1.54) is 32.1 Å². The maximum atomic E-state index is 5.69. The minimum Gasteiger partial charge on any atom is -0.328 e. The van der Waals surface area contributed by atoms with Gasteiger partial charge < -0.3 is 11.1 Å². The van der Waals surface area contributed by atoms with Crippen LogP contribution < -0.4 is 11.1 Å². The van der Waals surface area contributed by atoms with Gasteiger partial charge in [-0.25, -0.2) is 0 Å². The third kappa shape index (κ3) is 3.28. The van der Waals surface area contributed by atoms with Gasteiger partial charge in [-0.05, 0) is 52.0 Å². The molecule has 0 aromatic carbocycles. The lowest BCUT2D eigenvalue weighted by atomic mass is 9.75. The van der Waals surface area contributed by atoms with Gasteiger partial charge in [0.15, 0.2) is 0 Å². The smallest absolute Gasteiger partial charge is 0.0178 e. The zero-order valence-corrected chi connectivity index (χ0v) is 9.10. The number of nitrogens with two attached hydrogens (primary N) is 1. The van der Waals surface area contributed by atoms with Gasteiger partial charge in [-0.3, -0.25) is 0 Å². The standard InChI is InChI=1S/C11H24N2/c1-3-11(7-5-8-11)13-9-4-6-10(2)12/h10,13H,3-9,12H2,1-2H3. The van der Waals surface area contributed by atoms with Crippen LogP contribution >= 0.6 is 0 Å². The molecule has 2 nitrogen and oxygen atoms in total. The Morgan fingerprint density at radius 3 is 2.54 bits per heavy atom. The summed E-state index contributed by atoms with van der Waals surface area (Å²) in [7, 11) is 0. The van der Waals surface area contributed by atoms with Crippen molar-refractivity contribution in [3.63, 3.8) is 0 Å². The van der Waals surface area contributed by atoms with Crippen molar-refractivity contribution < 1.29 is 0 Å². The predicted molar refractivity (Wildman–Crippen MR) is 57.8 cm³/mol. The van der Waals surface area contributed by atoms with Crippen molar-refractivity contribution in [3.05, 3.63) is 0 Å². The molecule has 0 saturated heterocycles. The van der Waals surface area contributed by atoms with Crippen LogP contribution in [-0.4, -0.2) is 18.1 Å². The highest BCUT2D eigenvalue weighted by Crippen LogP contribution is 2.34. The van der Waals surface area contributed by atoms with Gasteiger partial charge in [-0.1, -0.05) is 6.92 Å². The Bertz CT molecular complexity index is 134. The number of rotatable bonds is 6. The quantitative estimate of drug-likeness (QED) is 0.620. The summed E-state index contributed by atoms with van der Waals surface area (Å²) in [6.45, 7) is 5.52. The fourth-order valence-corrected chi connectivity index (χ4v) is 2.04. The molecule has 0 bridgehead atoms. The van der Waals surface area contributed by atoms with Crippen LogP contribution in [0.25, 0.3) is 0 Å². The molecule has 1 aliphatic carbocycles. The molecule has 1 saturated carbocycles. The van der Waals surface area contributed by atoms with Crippen LogP contribution in [0.1, 0.15) is 52.4 Å². The van der Waals surface area contributed by atoms with Crippen LogP contribution in [0.2, 0.25) is 0 Å². The van der Waals surface area contributed by atoms with Crippen molar-refractivity contribution in [2.45, 2.75) is 64.0 Å². The summed E-state index contributed by atoms with van der Waals surface area (Å²) in [5, 5.41) is 3.68. The van der Waals surface area contributed by atoms with Gasteiger partial charge in [-0.15, -0.1) is 0 Å². The normalized spacial score (nSPS) is 22.4. The number of hydrogen-bond acceptors (Lipinski definition) is 2. The first kappa shape index (κ1) is 11.0. The molecule has 1 aliphatic rings. The van der Waals surface area contributed by atoms with E-state index in [0.717, 1.165) is 13.0 Å². The Labute approximate surface area is 82.3 Å². The molecule has 0 aliphatic heterocycles. The average molecular weight is 184 g/mol. The van der Waals surface area contributed by atoms with Gasteiger partial charge in [0.25, 0.3) is 0 Å². The molecule has 0 spiro atoms. The molecule has 0 radical (unpaired) electrons. The topological polar surface area (TPSA) is 38.0 Å².